The predicted octanol–water partition coefficient (Wildman–Crippen LogP) is 4.23. The molecule has 0 unspecified atom stereocenters. The zero-order valence-corrected chi connectivity index (χ0v) is 14.8. The van der Waals surface area contributed by atoms with Crippen LogP contribution in [0.4, 0.5) is 5.69 Å². The van der Waals surface area contributed by atoms with Gasteiger partial charge in [0.2, 0.25) is 0 Å². The summed E-state index contributed by atoms with van der Waals surface area (Å²) in [4.78, 5) is 23.4. The van der Waals surface area contributed by atoms with Crippen molar-refractivity contribution < 1.29 is 14.3 Å². The van der Waals surface area contributed by atoms with Crippen molar-refractivity contribution in [3.63, 3.8) is 0 Å². The molecule has 0 aliphatic heterocycles. The van der Waals surface area contributed by atoms with Gasteiger partial charge in [0, 0.05) is 20.7 Å². The van der Waals surface area contributed by atoms with Gasteiger partial charge < -0.3 is 10.1 Å². The van der Waals surface area contributed by atoms with E-state index in [1.165, 1.54) is 6.92 Å². The molecule has 1 amide bonds. The van der Waals surface area contributed by atoms with Gasteiger partial charge in [-0.05, 0) is 65.1 Å². The third-order valence-corrected chi connectivity index (χ3v) is 3.74. The van der Waals surface area contributed by atoms with E-state index in [9.17, 15) is 9.59 Å². The molecule has 21 heavy (non-hydrogen) atoms. The van der Waals surface area contributed by atoms with Crippen molar-refractivity contribution in [2.45, 2.75) is 6.92 Å². The van der Waals surface area contributed by atoms with E-state index in [1.807, 2.05) is 12.1 Å². The number of esters is 1. The van der Waals surface area contributed by atoms with E-state index in [2.05, 4.69) is 43.8 Å². The van der Waals surface area contributed by atoms with E-state index in [0.29, 0.717) is 11.3 Å². The molecule has 6 heteroatoms. The quantitative estimate of drug-likeness (QED) is 0.424. The number of hydrogen-bond donors (Lipinski definition) is 1. The molecule has 0 fully saturated rings. The maximum atomic E-state index is 12.3. The summed E-state index contributed by atoms with van der Waals surface area (Å²) < 4.78 is 6.87. The fraction of sp³-hybridized carbons (Fsp3) is 0.0667. The van der Waals surface area contributed by atoms with Crippen LogP contribution in [0, 0.1) is 3.57 Å². The third kappa shape index (κ3) is 4.53. The zero-order valence-electron chi connectivity index (χ0n) is 11.0. The molecular formula is C15H11BrINO3. The van der Waals surface area contributed by atoms with E-state index in [-0.39, 0.29) is 11.7 Å². The van der Waals surface area contributed by atoms with Crippen LogP contribution < -0.4 is 10.1 Å². The number of anilines is 1. The topological polar surface area (TPSA) is 55.4 Å². The maximum Gasteiger partial charge on any atom is 0.308 e. The molecular weight excluding hydrogens is 449 g/mol. The highest BCUT2D eigenvalue weighted by Gasteiger charge is 2.15. The molecule has 0 aliphatic rings. The number of carbonyl (C=O) groups is 2. The van der Waals surface area contributed by atoms with Crippen molar-refractivity contribution in [3.05, 3.63) is 56.1 Å². The first-order valence-electron chi connectivity index (χ1n) is 6.00. The fourth-order valence-electron chi connectivity index (χ4n) is 1.66. The second-order valence-electron chi connectivity index (χ2n) is 4.20. The molecule has 0 aliphatic carbocycles. The maximum absolute atomic E-state index is 12.3. The summed E-state index contributed by atoms with van der Waals surface area (Å²) in [5, 5.41) is 2.77. The second kappa shape index (κ2) is 7.04. The number of nitrogens with one attached hydrogen (secondary N) is 1. The Labute approximate surface area is 144 Å². The van der Waals surface area contributed by atoms with Crippen LogP contribution in [-0.2, 0) is 4.79 Å². The molecule has 0 bridgehead atoms. The summed E-state index contributed by atoms with van der Waals surface area (Å²) >= 11 is 5.43. The van der Waals surface area contributed by atoms with Crippen molar-refractivity contribution in [2.24, 2.45) is 0 Å². The van der Waals surface area contributed by atoms with Gasteiger partial charge in [0.25, 0.3) is 5.91 Å². The van der Waals surface area contributed by atoms with Crippen molar-refractivity contribution in [3.8, 4) is 5.75 Å². The van der Waals surface area contributed by atoms with E-state index in [4.69, 9.17) is 4.74 Å². The van der Waals surface area contributed by atoms with E-state index in [0.717, 1.165) is 8.04 Å². The van der Waals surface area contributed by atoms with Gasteiger partial charge in [-0.25, -0.2) is 0 Å². The fourth-order valence-corrected chi connectivity index (χ4v) is 2.41. The normalized spacial score (nSPS) is 10.0. The molecule has 0 radical (unpaired) electrons. The summed E-state index contributed by atoms with van der Waals surface area (Å²) in [7, 11) is 0. The highest BCUT2D eigenvalue weighted by Crippen LogP contribution is 2.23. The van der Waals surface area contributed by atoms with Crippen LogP contribution in [0.15, 0.2) is 46.9 Å². The van der Waals surface area contributed by atoms with Gasteiger partial charge in [-0.2, -0.15) is 0 Å². The molecule has 0 saturated carbocycles. The molecule has 2 aromatic rings. The van der Waals surface area contributed by atoms with Crippen LogP contribution in [-0.4, -0.2) is 11.9 Å². The van der Waals surface area contributed by atoms with Crippen molar-refractivity contribution in [1.82, 2.24) is 0 Å². The minimum absolute atomic E-state index is 0.248. The first kappa shape index (κ1) is 16.0. The highest BCUT2D eigenvalue weighted by atomic mass is 127. The van der Waals surface area contributed by atoms with Gasteiger partial charge in [0.05, 0.1) is 5.56 Å². The van der Waals surface area contributed by atoms with E-state index in [1.54, 1.807) is 30.3 Å². The Morgan fingerprint density at radius 3 is 2.43 bits per heavy atom. The van der Waals surface area contributed by atoms with Crippen molar-refractivity contribution in [2.75, 3.05) is 5.32 Å². The van der Waals surface area contributed by atoms with E-state index >= 15 is 0 Å². The number of ether oxygens (including phenoxy) is 1. The number of rotatable bonds is 3. The van der Waals surface area contributed by atoms with Crippen LogP contribution in [0.2, 0.25) is 0 Å². The Morgan fingerprint density at radius 2 is 1.81 bits per heavy atom. The minimum Gasteiger partial charge on any atom is -0.426 e. The van der Waals surface area contributed by atoms with Crippen LogP contribution in [0.5, 0.6) is 5.75 Å². The minimum atomic E-state index is -0.464. The lowest BCUT2D eigenvalue weighted by Gasteiger charge is -2.10. The number of hydrogen-bond acceptors (Lipinski definition) is 3. The predicted molar refractivity (Wildman–Crippen MR) is 92.6 cm³/mol. The molecule has 0 atom stereocenters. The standard InChI is InChI=1S/C15H11BrINO3/c1-9(19)21-14-7-4-11(17)8-13(14)15(20)18-12-5-2-10(16)3-6-12/h2-8H,1H3,(H,18,20). The molecule has 0 saturated heterocycles. The zero-order chi connectivity index (χ0) is 15.4. The van der Waals surface area contributed by atoms with E-state index < -0.39 is 5.97 Å². The molecule has 0 spiro atoms. The highest BCUT2D eigenvalue weighted by molar-refractivity contribution is 14.1. The lowest BCUT2D eigenvalue weighted by Crippen LogP contribution is -2.15. The molecule has 1 N–H and O–H groups in total. The van der Waals surface area contributed by atoms with Crippen LogP contribution in [0.3, 0.4) is 0 Å². The van der Waals surface area contributed by atoms with Gasteiger partial charge in [-0.1, -0.05) is 15.9 Å². The molecule has 0 aromatic heterocycles. The Morgan fingerprint density at radius 1 is 1.14 bits per heavy atom. The summed E-state index contributed by atoms with van der Waals surface area (Å²) in [5.74, 6) is -0.543. The molecule has 4 nitrogen and oxygen atoms in total. The monoisotopic (exact) mass is 459 g/mol. The van der Waals surface area contributed by atoms with Gasteiger partial charge in [0.1, 0.15) is 5.75 Å². The average Bonchev–Trinajstić information content (AvgIpc) is 2.43. The summed E-state index contributed by atoms with van der Waals surface area (Å²) in [5.41, 5.74) is 0.982. The average molecular weight is 460 g/mol. The Balaban J connectivity index is 2.27. The SMILES string of the molecule is CC(=O)Oc1ccc(I)cc1C(=O)Nc1ccc(Br)cc1. The van der Waals surface area contributed by atoms with Gasteiger partial charge in [-0.3, -0.25) is 9.59 Å². The molecule has 108 valence electrons. The van der Waals surface area contributed by atoms with Crippen LogP contribution >= 0.6 is 38.5 Å². The smallest absolute Gasteiger partial charge is 0.308 e. The number of amides is 1. The van der Waals surface area contributed by atoms with Gasteiger partial charge in [-0.15, -0.1) is 0 Å². The Bertz CT molecular complexity index is 686. The van der Waals surface area contributed by atoms with Gasteiger partial charge in [0.15, 0.2) is 0 Å². The number of halogens is 2. The van der Waals surface area contributed by atoms with Crippen LogP contribution in [0.25, 0.3) is 0 Å². The Kier molecular flexibility index (Phi) is 5.35. The lowest BCUT2D eigenvalue weighted by molar-refractivity contribution is -0.131. The number of benzene rings is 2. The summed E-state index contributed by atoms with van der Waals surface area (Å²) in [6, 6.07) is 12.3. The first-order valence-corrected chi connectivity index (χ1v) is 7.88. The molecule has 2 aromatic carbocycles. The molecule has 2 rings (SSSR count). The van der Waals surface area contributed by atoms with Gasteiger partial charge >= 0.3 is 5.97 Å². The molecule has 0 heterocycles. The number of carbonyl (C=O) groups excluding carboxylic acids is 2. The summed E-state index contributed by atoms with van der Waals surface area (Å²) in [6.07, 6.45) is 0. The first-order chi connectivity index (χ1) is 9.95. The third-order valence-electron chi connectivity index (χ3n) is 2.54. The van der Waals surface area contributed by atoms with Crippen molar-refractivity contribution >= 4 is 56.1 Å². The largest absolute Gasteiger partial charge is 0.426 e. The van der Waals surface area contributed by atoms with Crippen molar-refractivity contribution in [1.29, 1.82) is 0 Å². The Hall–Kier alpha value is -1.41. The van der Waals surface area contributed by atoms with Crippen LogP contribution in [0.1, 0.15) is 17.3 Å². The summed E-state index contributed by atoms with van der Waals surface area (Å²) in [6.45, 7) is 1.30. The second-order valence-corrected chi connectivity index (χ2v) is 6.36. The lowest BCUT2D eigenvalue weighted by atomic mass is 10.2.